The van der Waals surface area contributed by atoms with E-state index in [1.54, 1.807) is 19.9 Å². The molecule has 0 heterocycles. The van der Waals surface area contributed by atoms with Crippen LogP contribution in [0.25, 0.3) is 6.08 Å². The van der Waals surface area contributed by atoms with Gasteiger partial charge >= 0.3 is 11.9 Å². The maximum Gasteiger partial charge on any atom is 0.373 e. The highest BCUT2D eigenvalue weighted by Gasteiger charge is 2.20. The number of carbonyl (C=O) groups is 2. The van der Waals surface area contributed by atoms with Gasteiger partial charge in [-0.2, -0.15) is 0 Å². The van der Waals surface area contributed by atoms with Crippen LogP contribution in [0.5, 0.6) is 11.5 Å². The second-order valence-corrected chi connectivity index (χ2v) is 10.3. The first-order chi connectivity index (χ1) is 23.4. The van der Waals surface area contributed by atoms with Gasteiger partial charge < -0.3 is 28.4 Å². The number of hydrogen-bond donors (Lipinski definition) is 0. The first kappa shape index (κ1) is 37.4. The van der Waals surface area contributed by atoms with Crippen molar-refractivity contribution in [1.82, 2.24) is 0 Å². The fourth-order valence-corrected chi connectivity index (χ4v) is 4.39. The molecule has 1 atom stereocenters. The quantitative estimate of drug-likeness (QED) is 0.0643. The summed E-state index contributed by atoms with van der Waals surface area (Å²) in [7, 11) is 0. The Morgan fingerprint density at radius 3 is 1.54 bits per heavy atom. The van der Waals surface area contributed by atoms with Crippen molar-refractivity contribution >= 4 is 18.0 Å². The predicted molar refractivity (Wildman–Crippen MR) is 186 cm³/mol. The highest BCUT2D eigenvalue weighted by Crippen LogP contribution is 2.18. The maximum atomic E-state index is 11.9. The Morgan fingerprint density at radius 1 is 0.562 bits per heavy atom. The lowest BCUT2D eigenvalue weighted by Crippen LogP contribution is -2.28. The second kappa shape index (κ2) is 21.7. The molecule has 0 aliphatic rings. The van der Waals surface area contributed by atoms with Crippen molar-refractivity contribution in [3.63, 3.8) is 0 Å². The molecule has 0 spiro atoms. The number of rotatable bonds is 17. The van der Waals surface area contributed by atoms with Crippen molar-refractivity contribution in [2.24, 2.45) is 0 Å². The monoisotopic (exact) mass is 654 g/mol. The average molecular weight is 655 g/mol. The van der Waals surface area contributed by atoms with Crippen LogP contribution in [0.2, 0.25) is 0 Å². The SMILES string of the molecule is CCOC(=O)/C(=C/c1ccc(OCc2ccccc2)cc1)OCC.CCOC(=O)C(Cc1ccc(OCc2ccccc2)cc1)OCC. The zero-order valence-corrected chi connectivity index (χ0v) is 28.3. The molecule has 0 saturated carbocycles. The smallest absolute Gasteiger partial charge is 0.373 e. The molecule has 48 heavy (non-hydrogen) atoms. The van der Waals surface area contributed by atoms with Gasteiger partial charge in [-0.3, -0.25) is 0 Å². The molecule has 254 valence electrons. The van der Waals surface area contributed by atoms with Gasteiger partial charge in [-0.15, -0.1) is 0 Å². The van der Waals surface area contributed by atoms with Crippen molar-refractivity contribution in [2.75, 3.05) is 26.4 Å². The Morgan fingerprint density at radius 2 is 1.06 bits per heavy atom. The normalized spacial score (nSPS) is 11.4. The molecule has 4 aromatic rings. The molecule has 0 bridgehead atoms. The van der Waals surface area contributed by atoms with E-state index < -0.39 is 12.1 Å². The Bertz CT molecular complexity index is 1500. The fraction of sp³-hybridized carbons (Fsp3) is 0.300. The molecule has 4 aromatic carbocycles. The Labute approximate surface area is 284 Å². The highest BCUT2D eigenvalue weighted by atomic mass is 16.6. The molecule has 8 nitrogen and oxygen atoms in total. The van der Waals surface area contributed by atoms with E-state index in [4.69, 9.17) is 28.4 Å². The zero-order chi connectivity index (χ0) is 34.4. The lowest BCUT2D eigenvalue weighted by Gasteiger charge is -2.15. The average Bonchev–Trinajstić information content (AvgIpc) is 3.12. The summed E-state index contributed by atoms with van der Waals surface area (Å²) in [6.45, 7) is 9.85. The van der Waals surface area contributed by atoms with E-state index in [0.29, 0.717) is 46.1 Å². The van der Waals surface area contributed by atoms with Crippen LogP contribution in [-0.2, 0) is 48.2 Å². The molecule has 8 heteroatoms. The lowest BCUT2D eigenvalue weighted by molar-refractivity contribution is -0.156. The second-order valence-electron chi connectivity index (χ2n) is 10.3. The summed E-state index contributed by atoms with van der Waals surface area (Å²) in [5.74, 6) is 1.00. The molecular weight excluding hydrogens is 608 g/mol. The Balaban J connectivity index is 0.000000260. The van der Waals surface area contributed by atoms with Gasteiger partial charge in [-0.1, -0.05) is 84.9 Å². The van der Waals surface area contributed by atoms with Crippen molar-refractivity contribution in [2.45, 2.75) is 53.4 Å². The van der Waals surface area contributed by atoms with Crippen LogP contribution >= 0.6 is 0 Å². The third-order valence-electron chi connectivity index (χ3n) is 6.71. The number of hydrogen-bond acceptors (Lipinski definition) is 8. The summed E-state index contributed by atoms with van der Waals surface area (Å²) >= 11 is 0. The predicted octanol–water partition coefficient (Wildman–Crippen LogP) is 7.98. The van der Waals surface area contributed by atoms with Crippen LogP contribution in [-0.4, -0.2) is 44.5 Å². The van der Waals surface area contributed by atoms with E-state index in [1.165, 1.54) is 0 Å². The first-order valence-corrected chi connectivity index (χ1v) is 16.3. The fourth-order valence-electron chi connectivity index (χ4n) is 4.39. The molecule has 0 amide bonds. The van der Waals surface area contributed by atoms with Gasteiger partial charge in [0.2, 0.25) is 5.76 Å². The van der Waals surface area contributed by atoms with Crippen molar-refractivity contribution in [3.8, 4) is 11.5 Å². The molecule has 0 aliphatic carbocycles. The summed E-state index contributed by atoms with van der Waals surface area (Å²) in [6, 6.07) is 35.2. The van der Waals surface area contributed by atoms with Gasteiger partial charge in [0.05, 0.1) is 19.8 Å². The minimum atomic E-state index is -0.564. The van der Waals surface area contributed by atoms with E-state index >= 15 is 0 Å². The number of esters is 2. The molecule has 4 rings (SSSR count). The van der Waals surface area contributed by atoms with Crippen LogP contribution in [0, 0.1) is 0 Å². The van der Waals surface area contributed by atoms with Gasteiger partial charge in [-0.25, -0.2) is 9.59 Å². The molecule has 0 aromatic heterocycles. The van der Waals surface area contributed by atoms with Crippen molar-refractivity contribution in [1.29, 1.82) is 0 Å². The van der Waals surface area contributed by atoms with Gasteiger partial charge in [0, 0.05) is 13.0 Å². The first-order valence-electron chi connectivity index (χ1n) is 16.3. The minimum Gasteiger partial charge on any atom is -0.489 e. The zero-order valence-electron chi connectivity index (χ0n) is 28.3. The number of carbonyl (C=O) groups excluding carboxylic acids is 2. The summed E-state index contributed by atoms with van der Waals surface area (Å²) in [4.78, 5) is 23.7. The Hall–Kier alpha value is -5.08. The lowest BCUT2D eigenvalue weighted by atomic mass is 10.1. The van der Waals surface area contributed by atoms with Gasteiger partial charge in [0.15, 0.2) is 6.10 Å². The summed E-state index contributed by atoms with van der Waals surface area (Å²) in [6.07, 6.45) is 1.60. The number of ether oxygens (including phenoxy) is 6. The summed E-state index contributed by atoms with van der Waals surface area (Å²) < 4.78 is 32.4. The molecular formula is C40H46O8. The molecule has 0 fully saturated rings. The van der Waals surface area contributed by atoms with E-state index in [0.717, 1.165) is 33.8 Å². The van der Waals surface area contributed by atoms with E-state index in [9.17, 15) is 9.59 Å². The Kier molecular flexibility index (Phi) is 16.9. The summed E-state index contributed by atoms with van der Waals surface area (Å²) in [5, 5.41) is 0. The van der Waals surface area contributed by atoms with Crippen LogP contribution < -0.4 is 9.47 Å². The van der Waals surface area contributed by atoms with Crippen LogP contribution in [0.3, 0.4) is 0 Å². The van der Waals surface area contributed by atoms with Crippen LogP contribution in [0.4, 0.5) is 0 Å². The van der Waals surface area contributed by atoms with E-state index in [1.807, 2.05) is 123 Å². The molecule has 0 radical (unpaired) electrons. The van der Waals surface area contributed by atoms with Gasteiger partial charge in [-0.05, 0) is 80.3 Å². The van der Waals surface area contributed by atoms with E-state index in [2.05, 4.69) is 0 Å². The third-order valence-corrected chi connectivity index (χ3v) is 6.71. The van der Waals surface area contributed by atoms with Crippen LogP contribution in [0.1, 0.15) is 49.9 Å². The molecule has 1 unspecified atom stereocenters. The van der Waals surface area contributed by atoms with Gasteiger partial charge in [0.25, 0.3) is 0 Å². The topological polar surface area (TPSA) is 89.5 Å². The van der Waals surface area contributed by atoms with Crippen LogP contribution in [0.15, 0.2) is 115 Å². The van der Waals surface area contributed by atoms with Gasteiger partial charge in [0.1, 0.15) is 24.7 Å². The molecule has 0 N–H and O–H groups in total. The highest BCUT2D eigenvalue weighted by molar-refractivity contribution is 5.91. The van der Waals surface area contributed by atoms with Crippen molar-refractivity contribution < 1.29 is 38.0 Å². The van der Waals surface area contributed by atoms with E-state index in [-0.39, 0.29) is 11.7 Å². The largest absolute Gasteiger partial charge is 0.489 e. The third kappa shape index (κ3) is 13.7. The number of benzene rings is 4. The van der Waals surface area contributed by atoms with Crippen molar-refractivity contribution in [3.05, 3.63) is 137 Å². The molecule has 0 saturated heterocycles. The minimum absolute atomic E-state index is 0.206. The standard InChI is InChI=1S/C20H24O4.C20H22O4/c2*1-3-22-19(20(21)23-4-2)14-16-10-12-18(13-11-16)24-15-17-8-6-5-7-9-17/h5-13,19H,3-4,14-15H2,1-2H3;5-14H,3-4,15H2,1-2H3/b;19-14-. The summed E-state index contributed by atoms with van der Waals surface area (Å²) in [5.41, 5.74) is 4.09. The maximum absolute atomic E-state index is 11.9. The molecule has 0 aliphatic heterocycles.